The molecule has 0 amide bonds. The van der Waals surface area contributed by atoms with E-state index >= 15 is 0 Å². The van der Waals surface area contributed by atoms with Crippen LogP contribution in [0.2, 0.25) is 0 Å². The molecular weight excluding hydrogens is 160 g/mol. The zero-order valence-electron chi connectivity index (χ0n) is 8.50. The van der Waals surface area contributed by atoms with Crippen molar-refractivity contribution in [2.24, 2.45) is 0 Å². The average Bonchev–Trinajstić information content (AvgIpc) is 2.19. The van der Waals surface area contributed by atoms with Gasteiger partial charge in [0.05, 0.1) is 0 Å². The maximum absolute atomic E-state index is 3.49. The fourth-order valence-electron chi connectivity index (χ4n) is 2.36. The Morgan fingerprint density at radius 1 is 1.46 bits per heavy atom. The second-order valence-electron chi connectivity index (χ2n) is 4.28. The lowest BCUT2D eigenvalue weighted by Crippen LogP contribution is -2.52. The fourth-order valence-corrected chi connectivity index (χ4v) is 2.36. The molecule has 0 aromatic carbocycles. The summed E-state index contributed by atoms with van der Waals surface area (Å²) in [7, 11) is 0. The molecule has 0 aromatic rings. The summed E-state index contributed by atoms with van der Waals surface area (Å²) in [6.07, 6.45) is 8.78. The van der Waals surface area contributed by atoms with Crippen LogP contribution in [0.4, 0.5) is 0 Å². The summed E-state index contributed by atoms with van der Waals surface area (Å²) in [6, 6.07) is 1.40. The van der Waals surface area contributed by atoms with Gasteiger partial charge in [-0.3, -0.25) is 4.90 Å². The van der Waals surface area contributed by atoms with Gasteiger partial charge in [-0.1, -0.05) is 12.2 Å². The van der Waals surface area contributed by atoms with Gasteiger partial charge in [0.1, 0.15) is 0 Å². The molecule has 0 aromatic heterocycles. The van der Waals surface area contributed by atoms with Crippen molar-refractivity contribution in [2.75, 3.05) is 19.6 Å². The summed E-state index contributed by atoms with van der Waals surface area (Å²) in [5.41, 5.74) is 0. The van der Waals surface area contributed by atoms with Crippen LogP contribution in [0, 0.1) is 0 Å². The van der Waals surface area contributed by atoms with Crippen LogP contribution in [0.1, 0.15) is 26.2 Å². The number of nitrogens with one attached hydrogen (secondary N) is 1. The van der Waals surface area contributed by atoms with Crippen molar-refractivity contribution >= 4 is 0 Å². The SMILES string of the molecule is CC1CN(C2C=CCCC2)CCN1. The van der Waals surface area contributed by atoms with Gasteiger partial charge in [0.2, 0.25) is 0 Å². The van der Waals surface area contributed by atoms with Gasteiger partial charge in [-0.15, -0.1) is 0 Å². The molecule has 0 radical (unpaired) electrons. The summed E-state index contributed by atoms with van der Waals surface area (Å²) in [5.74, 6) is 0. The minimum atomic E-state index is 0.670. The van der Waals surface area contributed by atoms with E-state index in [-0.39, 0.29) is 0 Å². The molecule has 1 heterocycles. The van der Waals surface area contributed by atoms with Crippen LogP contribution in [0.5, 0.6) is 0 Å². The zero-order valence-corrected chi connectivity index (χ0v) is 8.50. The standard InChI is InChI=1S/C11H20N2/c1-10-9-13(8-7-12-10)11-5-3-2-4-6-11/h3,5,10-12H,2,4,6-9H2,1H3. The highest BCUT2D eigenvalue weighted by molar-refractivity contribution is 4.99. The Bertz CT molecular complexity index is 189. The maximum Gasteiger partial charge on any atom is 0.0279 e. The van der Waals surface area contributed by atoms with Crippen molar-refractivity contribution in [2.45, 2.75) is 38.3 Å². The third-order valence-corrected chi connectivity index (χ3v) is 3.10. The van der Waals surface area contributed by atoms with Crippen LogP contribution in [0.25, 0.3) is 0 Å². The number of allylic oxidation sites excluding steroid dienone is 1. The predicted octanol–water partition coefficient (Wildman–Crippen LogP) is 1.39. The molecule has 2 nitrogen and oxygen atoms in total. The molecule has 1 aliphatic heterocycles. The Morgan fingerprint density at radius 3 is 3.08 bits per heavy atom. The van der Waals surface area contributed by atoms with E-state index in [0.29, 0.717) is 6.04 Å². The van der Waals surface area contributed by atoms with Crippen molar-refractivity contribution < 1.29 is 0 Å². The van der Waals surface area contributed by atoms with E-state index in [9.17, 15) is 0 Å². The van der Waals surface area contributed by atoms with Gasteiger partial charge in [0.25, 0.3) is 0 Å². The third kappa shape index (κ3) is 2.32. The number of nitrogens with zero attached hydrogens (tertiary/aromatic N) is 1. The first-order chi connectivity index (χ1) is 6.36. The molecule has 0 spiro atoms. The Labute approximate surface area is 81.0 Å². The van der Waals surface area contributed by atoms with Crippen molar-refractivity contribution in [1.29, 1.82) is 0 Å². The summed E-state index contributed by atoms with van der Waals surface area (Å²) in [6.45, 7) is 5.87. The van der Waals surface area contributed by atoms with Crippen molar-refractivity contribution in [1.82, 2.24) is 10.2 Å². The lowest BCUT2D eigenvalue weighted by Gasteiger charge is -2.37. The van der Waals surface area contributed by atoms with E-state index in [1.165, 1.54) is 32.4 Å². The van der Waals surface area contributed by atoms with Crippen LogP contribution in [0.15, 0.2) is 12.2 Å². The van der Waals surface area contributed by atoms with E-state index in [0.717, 1.165) is 12.6 Å². The first-order valence-electron chi connectivity index (χ1n) is 5.50. The number of hydrogen-bond acceptors (Lipinski definition) is 2. The summed E-state index contributed by atoms with van der Waals surface area (Å²) in [5, 5.41) is 3.49. The van der Waals surface area contributed by atoms with Gasteiger partial charge in [-0.25, -0.2) is 0 Å². The second-order valence-corrected chi connectivity index (χ2v) is 4.28. The molecule has 1 saturated heterocycles. The van der Waals surface area contributed by atoms with Crippen LogP contribution >= 0.6 is 0 Å². The summed E-state index contributed by atoms with van der Waals surface area (Å²) >= 11 is 0. The van der Waals surface area contributed by atoms with Crippen molar-refractivity contribution in [3.8, 4) is 0 Å². The molecule has 2 unspecified atom stereocenters. The highest BCUT2D eigenvalue weighted by atomic mass is 15.2. The Hall–Kier alpha value is -0.340. The first kappa shape index (κ1) is 9.22. The van der Waals surface area contributed by atoms with Gasteiger partial charge >= 0.3 is 0 Å². The van der Waals surface area contributed by atoms with E-state index in [4.69, 9.17) is 0 Å². The molecule has 2 heteroatoms. The topological polar surface area (TPSA) is 15.3 Å². The van der Waals surface area contributed by atoms with Gasteiger partial charge in [-0.05, 0) is 26.2 Å². The molecule has 1 N–H and O–H groups in total. The second kappa shape index (κ2) is 4.25. The number of hydrogen-bond donors (Lipinski definition) is 1. The molecule has 0 saturated carbocycles. The zero-order chi connectivity index (χ0) is 9.10. The minimum Gasteiger partial charge on any atom is -0.312 e. The first-order valence-corrected chi connectivity index (χ1v) is 5.50. The van der Waals surface area contributed by atoms with Crippen LogP contribution in [-0.4, -0.2) is 36.6 Å². The van der Waals surface area contributed by atoms with Gasteiger partial charge in [0.15, 0.2) is 0 Å². The lowest BCUT2D eigenvalue weighted by molar-refractivity contribution is 0.163. The normalized spacial score (nSPS) is 36.4. The fraction of sp³-hybridized carbons (Fsp3) is 0.818. The van der Waals surface area contributed by atoms with Crippen LogP contribution in [0.3, 0.4) is 0 Å². The number of rotatable bonds is 1. The Morgan fingerprint density at radius 2 is 2.38 bits per heavy atom. The molecule has 2 aliphatic rings. The van der Waals surface area contributed by atoms with E-state index < -0.39 is 0 Å². The quantitative estimate of drug-likeness (QED) is 0.613. The van der Waals surface area contributed by atoms with Gasteiger partial charge < -0.3 is 5.32 Å². The molecule has 1 aliphatic carbocycles. The Balaban J connectivity index is 1.91. The van der Waals surface area contributed by atoms with Crippen LogP contribution in [-0.2, 0) is 0 Å². The van der Waals surface area contributed by atoms with Crippen LogP contribution < -0.4 is 5.32 Å². The largest absolute Gasteiger partial charge is 0.312 e. The van der Waals surface area contributed by atoms with E-state index in [1.54, 1.807) is 0 Å². The lowest BCUT2D eigenvalue weighted by atomic mass is 10.0. The highest BCUT2D eigenvalue weighted by Crippen LogP contribution is 2.17. The van der Waals surface area contributed by atoms with Gasteiger partial charge in [-0.2, -0.15) is 0 Å². The monoisotopic (exact) mass is 180 g/mol. The molecule has 0 bridgehead atoms. The highest BCUT2D eigenvalue weighted by Gasteiger charge is 2.22. The Kier molecular flexibility index (Phi) is 3.01. The average molecular weight is 180 g/mol. The molecule has 2 rings (SSSR count). The van der Waals surface area contributed by atoms with Gasteiger partial charge in [0, 0.05) is 31.7 Å². The molecular formula is C11H20N2. The maximum atomic E-state index is 3.49. The van der Waals surface area contributed by atoms with E-state index in [2.05, 4.69) is 29.3 Å². The smallest absolute Gasteiger partial charge is 0.0279 e. The third-order valence-electron chi connectivity index (χ3n) is 3.10. The minimum absolute atomic E-state index is 0.670. The van der Waals surface area contributed by atoms with Crippen molar-refractivity contribution in [3.05, 3.63) is 12.2 Å². The molecule has 13 heavy (non-hydrogen) atoms. The molecule has 2 atom stereocenters. The molecule has 1 fully saturated rings. The molecule has 74 valence electrons. The number of piperazine rings is 1. The predicted molar refractivity (Wildman–Crippen MR) is 55.8 cm³/mol. The van der Waals surface area contributed by atoms with Crippen molar-refractivity contribution in [3.63, 3.8) is 0 Å². The van der Waals surface area contributed by atoms with E-state index in [1.807, 2.05) is 0 Å². The summed E-state index contributed by atoms with van der Waals surface area (Å²) in [4.78, 5) is 2.62. The summed E-state index contributed by atoms with van der Waals surface area (Å²) < 4.78 is 0.